The summed E-state index contributed by atoms with van der Waals surface area (Å²) >= 11 is 6.69. The van der Waals surface area contributed by atoms with E-state index in [2.05, 4.69) is 51.0 Å². The second-order valence-electron chi connectivity index (χ2n) is 4.98. The molecule has 0 unspecified atom stereocenters. The van der Waals surface area contributed by atoms with Crippen LogP contribution in [0.3, 0.4) is 0 Å². The first-order valence-corrected chi connectivity index (χ1v) is 8.19. The highest BCUT2D eigenvalue weighted by Crippen LogP contribution is 2.32. The maximum Gasteiger partial charge on any atom is 0.166 e. The molecule has 5 heteroatoms. The van der Waals surface area contributed by atoms with Gasteiger partial charge in [0, 0.05) is 17.1 Å². The minimum absolute atomic E-state index is 0.201. The topological polar surface area (TPSA) is 21.3 Å². The molecule has 0 atom stereocenters. The molecule has 2 nitrogen and oxygen atoms in total. The first-order chi connectivity index (χ1) is 9.95. The summed E-state index contributed by atoms with van der Waals surface area (Å²) in [6.45, 7) is 4.98. The molecule has 0 aromatic heterocycles. The normalized spacial score (nSPS) is 11.0. The summed E-state index contributed by atoms with van der Waals surface area (Å²) in [6.07, 6.45) is 0. The zero-order chi connectivity index (χ0) is 15.4. The van der Waals surface area contributed by atoms with Crippen molar-refractivity contribution in [2.75, 3.05) is 0 Å². The number of halogens is 3. The predicted octanol–water partition coefficient (Wildman–Crippen LogP) is 5.64. The Hall–Kier alpha value is -0.910. The first-order valence-electron chi connectivity index (χ1n) is 6.60. The molecular weight excluding hydrogens is 401 g/mol. The monoisotopic (exact) mass is 415 g/mol. The molecule has 0 aliphatic carbocycles. The summed E-state index contributed by atoms with van der Waals surface area (Å²) in [7, 11) is 0. The van der Waals surface area contributed by atoms with Gasteiger partial charge in [-0.15, -0.1) is 0 Å². The van der Waals surface area contributed by atoms with Gasteiger partial charge in [-0.2, -0.15) is 0 Å². The van der Waals surface area contributed by atoms with E-state index in [0.717, 1.165) is 16.6 Å². The largest absolute Gasteiger partial charge is 0.453 e. The van der Waals surface area contributed by atoms with E-state index in [4.69, 9.17) is 4.74 Å². The molecule has 0 spiro atoms. The molecule has 2 aromatic carbocycles. The van der Waals surface area contributed by atoms with E-state index in [0.29, 0.717) is 16.3 Å². The molecule has 0 saturated carbocycles. The van der Waals surface area contributed by atoms with E-state index in [-0.39, 0.29) is 5.75 Å². The van der Waals surface area contributed by atoms with Crippen molar-refractivity contribution in [1.29, 1.82) is 0 Å². The summed E-state index contributed by atoms with van der Waals surface area (Å²) in [5.41, 5.74) is 1.14. The Bertz CT molecular complexity index is 632. The Kier molecular flexibility index (Phi) is 5.79. The molecule has 0 amide bonds. The van der Waals surface area contributed by atoms with E-state index in [1.54, 1.807) is 12.1 Å². The molecule has 0 fully saturated rings. The van der Waals surface area contributed by atoms with E-state index >= 15 is 0 Å². The highest BCUT2D eigenvalue weighted by Gasteiger charge is 2.09. The van der Waals surface area contributed by atoms with Crippen LogP contribution in [-0.2, 0) is 6.54 Å². The number of hydrogen-bond donors (Lipinski definition) is 1. The van der Waals surface area contributed by atoms with Crippen molar-refractivity contribution < 1.29 is 9.13 Å². The lowest BCUT2D eigenvalue weighted by atomic mass is 10.2. The number of hydrogen-bond acceptors (Lipinski definition) is 2. The summed E-state index contributed by atoms with van der Waals surface area (Å²) < 4.78 is 20.9. The van der Waals surface area contributed by atoms with Crippen LogP contribution in [0.2, 0.25) is 0 Å². The van der Waals surface area contributed by atoms with Gasteiger partial charge in [0.1, 0.15) is 5.75 Å². The average molecular weight is 417 g/mol. The highest BCUT2D eigenvalue weighted by atomic mass is 79.9. The van der Waals surface area contributed by atoms with Crippen LogP contribution in [0.15, 0.2) is 45.3 Å². The first kappa shape index (κ1) is 16.5. The van der Waals surface area contributed by atoms with Crippen LogP contribution in [0, 0.1) is 5.82 Å². The lowest BCUT2D eigenvalue weighted by molar-refractivity contribution is 0.439. The van der Waals surface area contributed by atoms with Crippen molar-refractivity contribution in [2.24, 2.45) is 0 Å². The van der Waals surface area contributed by atoms with Crippen LogP contribution in [0.25, 0.3) is 0 Å². The van der Waals surface area contributed by atoms with Crippen molar-refractivity contribution in [3.8, 4) is 11.5 Å². The van der Waals surface area contributed by atoms with Crippen LogP contribution < -0.4 is 10.1 Å². The molecule has 0 aliphatic heterocycles. The van der Waals surface area contributed by atoms with Crippen molar-refractivity contribution >= 4 is 31.9 Å². The number of ether oxygens (including phenoxy) is 1. The fourth-order valence-electron chi connectivity index (χ4n) is 1.74. The van der Waals surface area contributed by atoms with Crippen LogP contribution in [0.5, 0.6) is 11.5 Å². The highest BCUT2D eigenvalue weighted by molar-refractivity contribution is 9.10. The second kappa shape index (κ2) is 7.38. The standard InChI is InChI=1S/C16H16Br2FNO/c1-10(2)20-9-11-3-5-15(13(18)7-11)21-16-6-4-12(17)8-14(16)19/h3-8,10,20H,9H2,1-2H3. The lowest BCUT2D eigenvalue weighted by Crippen LogP contribution is -2.21. The fourth-order valence-corrected chi connectivity index (χ4v) is 2.58. The van der Waals surface area contributed by atoms with Gasteiger partial charge >= 0.3 is 0 Å². The fraction of sp³-hybridized carbons (Fsp3) is 0.250. The van der Waals surface area contributed by atoms with Gasteiger partial charge in [-0.3, -0.25) is 0 Å². The third-order valence-corrected chi connectivity index (χ3v) is 3.94. The van der Waals surface area contributed by atoms with E-state index in [1.807, 2.05) is 18.2 Å². The van der Waals surface area contributed by atoms with Crippen LogP contribution >= 0.6 is 31.9 Å². The Morgan fingerprint density at radius 1 is 1.10 bits per heavy atom. The molecule has 2 rings (SSSR count). The molecule has 2 aromatic rings. The molecule has 0 saturated heterocycles. The minimum atomic E-state index is -0.401. The van der Waals surface area contributed by atoms with Crippen LogP contribution in [0.4, 0.5) is 4.39 Å². The maximum absolute atomic E-state index is 13.8. The van der Waals surface area contributed by atoms with E-state index < -0.39 is 5.82 Å². The Morgan fingerprint density at radius 2 is 1.81 bits per heavy atom. The Morgan fingerprint density at radius 3 is 2.43 bits per heavy atom. The van der Waals surface area contributed by atoms with Crippen molar-refractivity contribution in [2.45, 2.75) is 26.4 Å². The number of rotatable bonds is 5. The third-order valence-electron chi connectivity index (χ3n) is 2.82. The number of benzene rings is 2. The van der Waals surface area contributed by atoms with Crippen molar-refractivity contribution in [1.82, 2.24) is 5.32 Å². The van der Waals surface area contributed by atoms with Gasteiger partial charge in [0.15, 0.2) is 11.6 Å². The van der Waals surface area contributed by atoms with Gasteiger partial charge in [-0.1, -0.05) is 35.8 Å². The molecule has 112 valence electrons. The van der Waals surface area contributed by atoms with E-state index in [9.17, 15) is 4.39 Å². The summed E-state index contributed by atoms with van der Waals surface area (Å²) in [5, 5.41) is 3.35. The maximum atomic E-state index is 13.8. The molecule has 0 bridgehead atoms. The van der Waals surface area contributed by atoms with E-state index in [1.165, 1.54) is 6.07 Å². The SMILES string of the molecule is CC(C)NCc1ccc(Oc2ccc(Br)cc2F)c(Br)c1. The quantitative estimate of drug-likeness (QED) is 0.680. The number of nitrogens with one attached hydrogen (secondary N) is 1. The summed E-state index contributed by atoms with van der Waals surface area (Å²) in [6, 6.07) is 10.9. The van der Waals surface area contributed by atoms with Crippen LogP contribution in [-0.4, -0.2) is 6.04 Å². The summed E-state index contributed by atoms with van der Waals surface area (Å²) in [4.78, 5) is 0. The molecule has 0 radical (unpaired) electrons. The molecule has 0 aliphatic rings. The molecular formula is C16H16Br2FNO. The van der Waals surface area contributed by atoms with Crippen molar-refractivity contribution in [3.63, 3.8) is 0 Å². The smallest absolute Gasteiger partial charge is 0.166 e. The second-order valence-corrected chi connectivity index (χ2v) is 6.75. The third kappa shape index (κ3) is 4.80. The Balaban J connectivity index is 2.13. The zero-order valence-corrected chi connectivity index (χ0v) is 15.0. The van der Waals surface area contributed by atoms with Gasteiger partial charge < -0.3 is 10.1 Å². The zero-order valence-electron chi connectivity index (χ0n) is 11.8. The van der Waals surface area contributed by atoms with Gasteiger partial charge in [-0.05, 0) is 51.8 Å². The predicted molar refractivity (Wildman–Crippen MR) is 90.3 cm³/mol. The van der Waals surface area contributed by atoms with Gasteiger partial charge in [0.25, 0.3) is 0 Å². The molecule has 21 heavy (non-hydrogen) atoms. The van der Waals surface area contributed by atoms with Crippen molar-refractivity contribution in [3.05, 3.63) is 56.7 Å². The lowest BCUT2D eigenvalue weighted by Gasteiger charge is -2.12. The molecule has 1 N–H and O–H groups in total. The molecule has 0 heterocycles. The minimum Gasteiger partial charge on any atom is -0.453 e. The van der Waals surface area contributed by atoms with Gasteiger partial charge in [-0.25, -0.2) is 4.39 Å². The van der Waals surface area contributed by atoms with Crippen LogP contribution in [0.1, 0.15) is 19.4 Å². The summed E-state index contributed by atoms with van der Waals surface area (Å²) in [5.74, 6) is 0.387. The average Bonchev–Trinajstić information content (AvgIpc) is 2.42. The van der Waals surface area contributed by atoms with Gasteiger partial charge in [0.05, 0.1) is 4.47 Å². The Labute approximate surface area is 141 Å². The van der Waals surface area contributed by atoms with Gasteiger partial charge in [0.2, 0.25) is 0 Å².